The number of hydrogen-bond donors (Lipinski definition) is 2. The molecule has 5 rings (SSSR count). The van der Waals surface area contributed by atoms with Crippen molar-refractivity contribution in [2.45, 2.75) is 56.9 Å². The van der Waals surface area contributed by atoms with Gasteiger partial charge in [0.15, 0.2) is 9.84 Å². The summed E-state index contributed by atoms with van der Waals surface area (Å²) in [5, 5.41) is 14.9. The molecular formula is C27H33N5O5S. The van der Waals surface area contributed by atoms with Crippen LogP contribution in [0, 0.1) is 6.92 Å². The van der Waals surface area contributed by atoms with Gasteiger partial charge in [0, 0.05) is 25.0 Å². The van der Waals surface area contributed by atoms with E-state index in [9.17, 15) is 18.3 Å². The fourth-order valence-electron chi connectivity index (χ4n) is 4.79. The molecule has 2 aliphatic rings. The second-order valence-corrected chi connectivity index (χ2v) is 13.0. The largest absolute Gasteiger partial charge is 0.444 e. The number of ether oxygens (including phenoxy) is 1. The molecule has 1 amide bonds. The van der Waals surface area contributed by atoms with Gasteiger partial charge in [-0.1, -0.05) is 29.8 Å². The predicted octanol–water partition coefficient (Wildman–Crippen LogP) is 3.12. The number of fused-ring (bicyclic) bond motifs is 2. The topological polar surface area (TPSA) is 125 Å². The molecule has 1 aromatic heterocycles. The molecule has 11 heteroatoms. The SMILES string of the molecule is Cc1ccc2nc(N3CCS(=O)(=O)c4ccccc4C3)nc(N[C@H]3CN(C(=O)OC(C)(C)C)C[C@@H]3O)c2c1. The smallest absolute Gasteiger partial charge is 0.410 e. The van der Waals surface area contributed by atoms with Crippen LogP contribution in [0.4, 0.5) is 16.6 Å². The second kappa shape index (κ2) is 9.70. The number of hydrogen-bond acceptors (Lipinski definition) is 9. The van der Waals surface area contributed by atoms with Crippen LogP contribution in [0.3, 0.4) is 0 Å². The van der Waals surface area contributed by atoms with Crippen molar-refractivity contribution in [3.8, 4) is 0 Å². The van der Waals surface area contributed by atoms with Gasteiger partial charge in [-0.2, -0.15) is 4.98 Å². The van der Waals surface area contributed by atoms with Crippen molar-refractivity contribution < 1.29 is 23.1 Å². The number of carbonyl (C=O) groups excluding carboxylic acids is 1. The van der Waals surface area contributed by atoms with Gasteiger partial charge < -0.3 is 25.0 Å². The number of aryl methyl sites for hydroxylation is 1. The Labute approximate surface area is 222 Å². The summed E-state index contributed by atoms with van der Waals surface area (Å²) in [7, 11) is -3.43. The Kier molecular flexibility index (Phi) is 6.68. The molecule has 0 aliphatic carbocycles. The van der Waals surface area contributed by atoms with E-state index in [1.54, 1.807) is 32.9 Å². The molecule has 202 valence electrons. The summed E-state index contributed by atoms with van der Waals surface area (Å²) in [4.78, 5) is 25.9. The Bertz CT molecular complexity index is 1490. The van der Waals surface area contributed by atoms with Gasteiger partial charge in [0.25, 0.3) is 0 Å². The van der Waals surface area contributed by atoms with Crippen molar-refractivity contribution in [1.29, 1.82) is 0 Å². The van der Waals surface area contributed by atoms with Gasteiger partial charge in [-0.05, 0) is 51.5 Å². The van der Waals surface area contributed by atoms with E-state index in [1.165, 1.54) is 4.90 Å². The molecule has 1 saturated heterocycles. The quantitative estimate of drug-likeness (QED) is 0.516. The van der Waals surface area contributed by atoms with Crippen LogP contribution in [0.2, 0.25) is 0 Å². The van der Waals surface area contributed by atoms with E-state index in [-0.39, 0.29) is 25.4 Å². The highest BCUT2D eigenvalue weighted by Crippen LogP contribution is 2.30. The molecule has 38 heavy (non-hydrogen) atoms. The monoisotopic (exact) mass is 539 g/mol. The van der Waals surface area contributed by atoms with Crippen molar-refractivity contribution in [2.24, 2.45) is 0 Å². The fourth-order valence-corrected chi connectivity index (χ4v) is 6.29. The lowest BCUT2D eigenvalue weighted by molar-refractivity contribution is 0.0270. The molecule has 10 nitrogen and oxygen atoms in total. The fraction of sp³-hybridized carbons (Fsp3) is 0.444. The molecule has 0 saturated carbocycles. The molecule has 3 aromatic rings. The summed E-state index contributed by atoms with van der Waals surface area (Å²) in [5.74, 6) is 0.866. The minimum Gasteiger partial charge on any atom is -0.444 e. The number of anilines is 2. The van der Waals surface area contributed by atoms with Crippen LogP contribution >= 0.6 is 0 Å². The summed E-state index contributed by atoms with van der Waals surface area (Å²) in [6.45, 7) is 8.36. The Balaban J connectivity index is 1.47. The van der Waals surface area contributed by atoms with E-state index in [2.05, 4.69) is 5.32 Å². The van der Waals surface area contributed by atoms with Gasteiger partial charge in [0.2, 0.25) is 5.95 Å². The van der Waals surface area contributed by atoms with Crippen LogP contribution in [0.15, 0.2) is 47.4 Å². The molecule has 0 radical (unpaired) electrons. The summed E-state index contributed by atoms with van der Waals surface area (Å²) in [5.41, 5.74) is 1.78. The molecule has 0 spiro atoms. The van der Waals surface area contributed by atoms with E-state index < -0.39 is 33.7 Å². The van der Waals surface area contributed by atoms with Crippen molar-refractivity contribution >= 4 is 38.6 Å². The van der Waals surface area contributed by atoms with Gasteiger partial charge in [-0.15, -0.1) is 0 Å². The normalized spacial score (nSPS) is 21.2. The Hall–Kier alpha value is -3.44. The number of β-amino-alcohol motifs (C(OH)–C–C–N with tert-alkyl or cyclic N) is 1. The van der Waals surface area contributed by atoms with Crippen LogP contribution in [0.25, 0.3) is 10.9 Å². The zero-order valence-corrected chi connectivity index (χ0v) is 22.8. The lowest BCUT2D eigenvalue weighted by atomic mass is 10.1. The minimum absolute atomic E-state index is 0.0474. The summed E-state index contributed by atoms with van der Waals surface area (Å²) in [6.07, 6.45) is -1.30. The number of nitrogens with one attached hydrogen (secondary N) is 1. The predicted molar refractivity (Wildman–Crippen MR) is 145 cm³/mol. The van der Waals surface area contributed by atoms with Crippen LogP contribution < -0.4 is 10.2 Å². The first-order chi connectivity index (χ1) is 17.9. The van der Waals surface area contributed by atoms with Gasteiger partial charge in [0.1, 0.15) is 11.4 Å². The molecular weight excluding hydrogens is 506 g/mol. The maximum absolute atomic E-state index is 12.9. The number of nitrogens with zero attached hydrogens (tertiary/aromatic N) is 4. The zero-order valence-electron chi connectivity index (χ0n) is 22.0. The molecule has 0 bridgehead atoms. The molecule has 2 aromatic carbocycles. The van der Waals surface area contributed by atoms with Crippen molar-refractivity contribution in [1.82, 2.24) is 14.9 Å². The third-order valence-corrected chi connectivity index (χ3v) is 8.47. The maximum atomic E-state index is 12.9. The van der Waals surface area contributed by atoms with Crippen LogP contribution in [-0.4, -0.2) is 77.6 Å². The number of benzene rings is 2. The third-order valence-electron chi connectivity index (χ3n) is 6.68. The van der Waals surface area contributed by atoms with Gasteiger partial charge in [-0.25, -0.2) is 18.2 Å². The standard InChI is InChI=1S/C27H33N5O5S/c1-17-9-10-20-19(13-17)24(28-21-15-32(16-22(21)33)26(34)37-27(2,3)4)30-25(29-20)31-11-12-38(35,36)23-8-6-5-7-18(23)14-31/h5-10,13,21-22,33H,11-12,14-16H2,1-4H3,(H,28,29,30)/t21-,22-/m0/s1. The molecule has 0 unspecified atom stereocenters. The van der Waals surface area contributed by atoms with E-state index >= 15 is 0 Å². The average Bonchev–Trinajstić information content (AvgIpc) is 3.14. The summed E-state index contributed by atoms with van der Waals surface area (Å²) >= 11 is 0. The maximum Gasteiger partial charge on any atom is 0.410 e. The van der Waals surface area contributed by atoms with Crippen LogP contribution in [0.5, 0.6) is 0 Å². The van der Waals surface area contributed by atoms with E-state index in [0.717, 1.165) is 10.9 Å². The van der Waals surface area contributed by atoms with Crippen molar-refractivity contribution in [3.63, 3.8) is 0 Å². The first-order valence-corrected chi connectivity index (χ1v) is 14.3. The molecule has 2 N–H and O–H groups in total. The Morgan fingerprint density at radius 1 is 1.13 bits per heavy atom. The van der Waals surface area contributed by atoms with Gasteiger partial charge >= 0.3 is 6.09 Å². The van der Waals surface area contributed by atoms with Crippen LogP contribution in [0.1, 0.15) is 31.9 Å². The second-order valence-electron chi connectivity index (χ2n) is 10.9. The number of likely N-dealkylation sites (tertiary alicyclic amines) is 1. The van der Waals surface area contributed by atoms with Crippen molar-refractivity contribution in [2.75, 3.05) is 35.6 Å². The lowest BCUT2D eigenvalue weighted by Crippen LogP contribution is -2.36. The van der Waals surface area contributed by atoms with Gasteiger partial charge in [0.05, 0.1) is 34.9 Å². The average molecular weight is 540 g/mol. The highest BCUT2D eigenvalue weighted by atomic mass is 32.2. The number of rotatable bonds is 3. The number of aromatic nitrogens is 2. The van der Waals surface area contributed by atoms with Crippen molar-refractivity contribution in [3.05, 3.63) is 53.6 Å². The number of carbonyl (C=O) groups is 1. The molecule has 2 aliphatic heterocycles. The molecule has 3 heterocycles. The lowest BCUT2D eigenvalue weighted by Gasteiger charge is -2.25. The first kappa shape index (κ1) is 26.2. The number of amides is 1. The van der Waals surface area contributed by atoms with Gasteiger partial charge in [-0.3, -0.25) is 0 Å². The number of aliphatic hydroxyl groups is 1. The number of sulfone groups is 1. The van der Waals surface area contributed by atoms with E-state index in [1.807, 2.05) is 42.2 Å². The minimum atomic E-state index is -3.43. The summed E-state index contributed by atoms with van der Waals surface area (Å²) in [6, 6.07) is 12.4. The number of aliphatic hydroxyl groups excluding tert-OH is 1. The first-order valence-electron chi connectivity index (χ1n) is 12.7. The highest BCUT2D eigenvalue weighted by Gasteiger charge is 2.37. The van der Waals surface area contributed by atoms with E-state index in [0.29, 0.717) is 34.3 Å². The highest BCUT2D eigenvalue weighted by molar-refractivity contribution is 7.91. The Morgan fingerprint density at radius 2 is 1.89 bits per heavy atom. The van der Waals surface area contributed by atoms with Crippen LogP contribution in [-0.2, 0) is 21.1 Å². The summed E-state index contributed by atoms with van der Waals surface area (Å²) < 4.78 is 31.2. The third kappa shape index (κ3) is 5.39. The van der Waals surface area contributed by atoms with E-state index in [4.69, 9.17) is 14.7 Å². The molecule has 1 fully saturated rings. The Morgan fingerprint density at radius 3 is 2.66 bits per heavy atom. The zero-order chi connectivity index (χ0) is 27.2. The molecule has 2 atom stereocenters.